The second-order valence-corrected chi connectivity index (χ2v) is 5.55. The van der Waals surface area contributed by atoms with Gasteiger partial charge in [0.1, 0.15) is 6.04 Å². The topological polar surface area (TPSA) is 98.7 Å². The van der Waals surface area contributed by atoms with E-state index in [0.717, 1.165) is 0 Å². The van der Waals surface area contributed by atoms with Crippen LogP contribution >= 0.6 is 15.9 Å². The Kier molecular flexibility index (Phi) is 4.46. The Hall–Kier alpha value is -2.09. The standard InChI is InChI=1S/C13H14BrN3O4/c1-17-5-4-10(11(17)18)16-13(21)15-7-2-3-9(14)8(6-7)12(19)20/h2-3,6,10H,4-5H2,1H3,(H,19,20)(H2,15,16,21). The van der Waals surface area contributed by atoms with Gasteiger partial charge in [-0.25, -0.2) is 9.59 Å². The fourth-order valence-electron chi connectivity index (χ4n) is 2.05. The zero-order valence-corrected chi connectivity index (χ0v) is 12.8. The molecule has 0 bridgehead atoms. The quantitative estimate of drug-likeness (QED) is 0.764. The van der Waals surface area contributed by atoms with Crippen molar-refractivity contribution in [1.29, 1.82) is 0 Å². The third-order valence-electron chi connectivity index (χ3n) is 3.19. The number of amides is 3. The van der Waals surface area contributed by atoms with Crippen LogP contribution in [0.5, 0.6) is 0 Å². The molecule has 1 atom stereocenters. The number of benzene rings is 1. The van der Waals surface area contributed by atoms with Crippen molar-refractivity contribution in [3.63, 3.8) is 0 Å². The smallest absolute Gasteiger partial charge is 0.336 e. The van der Waals surface area contributed by atoms with E-state index in [4.69, 9.17) is 5.11 Å². The Morgan fingerprint density at radius 2 is 2.14 bits per heavy atom. The lowest BCUT2D eigenvalue weighted by Crippen LogP contribution is -2.42. The number of carboxylic acid groups (broad SMARTS) is 1. The summed E-state index contributed by atoms with van der Waals surface area (Å²) in [5.41, 5.74) is 0.386. The van der Waals surface area contributed by atoms with Crippen molar-refractivity contribution in [3.05, 3.63) is 28.2 Å². The van der Waals surface area contributed by atoms with E-state index >= 15 is 0 Å². The number of carboxylic acids is 1. The van der Waals surface area contributed by atoms with Crippen molar-refractivity contribution >= 4 is 39.5 Å². The number of likely N-dealkylation sites (tertiary alicyclic amines) is 1. The van der Waals surface area contributed by atoms with Crippen LogP contribution in [0, 0.1) is 0 Å². The summed E-state index contributed by atoms with van der Waals surface area (Å²) in [6.45, 7) is 0.602. The summed E-state index contributed by atoms with van der Waals surface area (Å²) in [6, 6.07) is 3.37. The van der Waals surface area contributed by atoms with E-state index in [1.165, 1.54) is 12.1 Å². The predicted molar refractivity (Wildman–Crippen MR) is 79.3 cm³/mol. The Balaban J connectivity index is 2.02. The van der Waals surface area contributed by atoms with Crippen LogP contribution in [0.2, 0.25) is 0 Å². The van der Waals surface area contributed by atoms with E-state index < -0.39 is 18.0 Å². The summed E-state index contributed by atoms with van der Waals surface area (Å²) >= 11 is 3.12. The number of carbonyl (C=O) groups is 3. The number of halogens is 1. The van der Waals surface area contributed by atoms with Crippen LogP contribution in [0.1, 0.15) is 16.8 Å². The van der Waals surface area contributed by atoms with Crippen LogP contribution in [0.15, 0.2) is 22.7 Å². The Labute approximate surface area is 129 Å². The van der Waals surface area contributed by atoms with Gasteiger partial charge >= 0.3 is 12.0 Å². The highest BCUT2D eigenvalue weighted by Gasteiger charge is 2.30. The Morgan fingerprint density at radius 1 is 1.43 bits per heavy atom. The maximum Gasteiger partial charge on any atom is 0.336 e. The van der Waals surface area contributed by atoms with E-state index in [1.807, 2.05) is 0 Å². The number of aromatic carboxylic acids is 1. The summed E-state index contributed by atoms with van der Waals surface area (Å²) in [5.74, 6) is -1.23. The lowest BCUT2D eigenvalue weighted by atomic mass is 10.2. The van der Waals surface area contributed by atoms with Gasteiger partial charge in [-0.05, 0) is 40.5 Å². The largest absolute Gasteiger partial charge is 0.478 e. The molecule has 7 nitrogen and oxygen atoms in total. The summed E-state index contributed by atoms with van der Waals surface area (Å²) < 4.78 is 0.425. The zero-order valence-electron chi connectivity index (χ0n) is 11.2. The minimum absolute atomic E-state index is 0.0458. The van der Waals surface area contributed by atoms with Crippen molar-refractivity contribution in [2.45, 2.75) is 12.5 Å². The fraction of sp³-hybridized carbons (Fsp3) is 0.308. The summed E-state index contributed by atoms with van der Waals surface area (Å²) in [4.78, 5) is 36.1. The molecule has 3 amide bonds. The maximum atomic E-state index is 11.8. The van der Waals surface area contributed by atoms with Gasteiger partial charge in [-0.3, -0.25) is 4.79 Å². The molecule has 1 aromatic carbocycles. The van der Waals surface area contributed by atoms with Gasteiger partial charge in [-0.2, -0.15) is 0 Å². The highest BCUT2D eigenvalue weighted by Crippen LogP contribution is 2.21. The van der Waals surface area contributed by atoms with Crippen molar-refractivity contribution in [3.8, 4) is 0 Å². The summed E-state index contributed by atoms with van der Waals surface area (Å²) in [7, 11) is 1.68. The van der Waals surface area contributed by atoms with Crippen molar-refractivity contribution in [2.24, 2.45) is 0 Å². The third kappa shape index (κ3) is 3.52. The average Bonchev–Trinajstić information content (AvgIpc) is 2.72. The van der Waals surface area contributed by atoms with Crippen LogP contribution in [-0.2, 0) is 4.79 Å². The molecule has 1 aliphatic rings. The first-order chi connectivity index (χ1) is 9.88. The minimum Gasteiger partial charge on any atom is -0.478 e. The molecule has 0 radical (unpaired) electrons. The van der Waals surface area contributed by atoms with Crippen LogP contribution in [0.25, 0.3) is 0 Å². The molecule has 3 N–H and O–H groups in total. The van der Waals surface area contributed by atoms with Crippen LogP contribution in [0.3, 0.4) is 0 Å². The van der Waals surface area contributed by atoms with Gasteiger partial charge in [0.05, 0.1) is 5.56 Å². The van der Waals surface area contributed by atoms with Gasteiger partial charge in [0, 0.05) is 23.8 Å². The van der Waals surface area contributed by atoms with Crippen molar-refractivity contribution < 1.29 is 19.5 Å². The molecule has 1 saturated heterocycles. The van der Waals surface area contributed by atoms with E-state index in [1.54, 1.807) is 18.0 Å². The number of urea groups is 1. The lowest BCUT2D eigenvalue weighted by Gasteiger charge is -2.13. The van der Waals surface area contributed by atoms with Gasteiger partial charge in [0.15, 0.2) is 0 Å². The zero-order chi connectivity index (χ0) is 15.6. The molecule has 0 saturated carbocycles. The molecule has 1 heterocycles. The highest BCUT2D eigenvalue weighted by molar-refractivity contribution is 9.10. The van der Waals surface area contributed by atoms with Crippen LogP contribution in [0.4, 0.5) is 10.5 Å². The molecule has 0 spiro atoms. The second-order valence-electron chi connectivity index (χ2n) is 4.70. The number of hydrogen-bond donors (Lipinski definition) is 3. The van der Waals surface area contributed by atoms with Gasteiger partial charge in [-0.15, -0.1) is 0 Å². The number of nitrogens with zero attached hydrogens (tertiary/aromatic N) is 1. The minimum atomic E-state index is -1.10. The van der Waals surface area contributed by atoms with Crippen molar-refractivity contribution in [1.82, 2.24) is 10.2 Å². The van der Waals surface area contributed by atoms with E-state index in [9.17, 15) is 14.4 Å². The monoisotopic (exact) mass is 355 g/mol. The molecule has 1 unspecified atom stereocenters. The second kappa shape index (κ2) is 6.13. The first kappa shape index (κ1) is 15.3. The molecule has 1 aromatic rings. The lowest BCUT2D eigenvalue weighted by molar-refractivity contribution is -0.128. The number of hydrogen-bond acceptors (Lipinski definition) is 3. The molecule has 0 aliphatic carbocycles. The van der Waals surface area contributed by atoms with Gasteiger partial charge in [-0.1, -0.05) is 0 Å². The molecule has 1 fully saturated rings. The summed E-state index contributed by atoms with van der Waals surface area (Å²) in [5, 5.41) is 14.1. The number of nitrogens with one attached hydrogen (secondary N) is 2. The molecule has 112 valence electrons. The molecular formula is C13H14BrN3O4. The Bertz CT molecular complexity index is 605. The third-order valence-corrected chi connectivity index (χ3v) is 3.88. The van der Waals surface area contributed by atoms with E-state index in [-0.39, 0.29) is 11.5 Å². The van der Waals surface area contributed by atoms with E-state index in [2.05, 4.69) is 26.6 Å². The van der Waals surface area contributed by atoms with Crippen LogP contribution in [-0.4, -0.2) is 47.5 Å². The molecule has 21 heavy (non-hydrogen) atoms. The first-order valence-corrected chi connectivity index (χ1v) is 7.03. The predicted octanol–water partition coefficient (Wildman–Crippen LogP) is 1.50. The van der Waals surface area contributed by atoms with Crippen LogP contribution < -0.4 is 10.6 Å². The maximum absolute atomic E-state index is 11.8. The number of anilines is 1. The molecular weight excluding hydrogens is 342 g/mol. The van der Waals surface area contributed by atoms with Gasteiger partial charge < -0.3 is 20.6 Å². The van der Waals surface area contributed by atoms with E-state index in [0.29, 0.717) is 23.1 Å². The number of rotatable bonds is 3. The fourth-order valence-corrected chi connectivity index (χ4v) is 2.46. The molecule has 1 aliphatic heterocycles. The Morgan fingerprint density at radius 3 is 2.71 bits per heavy atom. The number of likely N-dealkylation sites (N-methyl/N-ethyl adjacent to an activating group) is 1. The van der Waals surface area contributed by atoms with Gasteiger partial charge in [0.2, 0.25) is 5.91 Å². The first-order valence-electron chi connectivity index (χ1n) is 6.24. The van der Waals surface area contributed by atoms with Crippen molar-refractivity contribution in [2.75, 3.05) is 18.9 Å². The molecule has 0 aromatic heterocycles. The average molecular weight is 356 g/mol. The normalized spacial score (nSPS) is 17.7. The SMILES string of the molecule is CN1CCC(NC(=O)Nc2ccc(Br)c(C(=O)O)c2)C1=O. The van der Waals surface area contributed by atoms with Gasteiger partial charge in [0.25, 0.3) is 0 Å². The highest BCUT2D eigenvalue weighted by atomic mass is 79.9. The summed E-state index contributed by atoms with van der Waals surface area (Å²) in [6.07, 6.45) is 0.559. The molecule has 8 heteroatoms. The number of carbonyl (C=O) groups excluding carboxylic acids is 2. The molecule has 2 rings (SSSR count).